The number of hydrogen-bond donors (Lipinski definition) is 0. The average molecular weight is 931 g/mol. The van der Waals surface area contributed by atoms with Crippen molar-refractivity contribution >= 4 is 38.9 Å². The summed E-state index contributed by atoms with van der Waals surface area (Å²) in [5.41, 5.74) is -11.4. The van der Waals surface area contributed by atoms with Crippen molar-refractivity contribution in [2.24, 2.45) is 0 Å². The minimum Gasteiger partial charge on any atom is -0.239 e. The summed E-state index contributed by atoms with van der Waals surface area (Å²) < 4.78 is 309. The van der Waals surface area contributed by atoms with Gasteiger partial charge in [-0.2, -0.15) is 4.57 Å². The fourth-order valence-electron chi connectivity index (χ4n) is 7.25. The molecule has 334 valence electrons. The molecule has 0 amide bonds. The zero-order valence-electron chi connectivity index (χ0n) is 30.7. The Morgan fingerprint density at radius 1 is 0.312 bits per heavy atom. The summed E-state index contributed by atoms with van der Waals surface area (Å²) in [5.74, 6) is -71.4. The number of alkyl halides is 1. The Balaban J connectivity index is 0.000000295. The van der Waals surface area contributed by atoms with E-state index in [4.69, 9.17) is 0 Å². The fourth-order valence-corrected chi connectivity index (χ4v) is 7.25. The predicted octanol–water partition coefficient (Wildman–Crippen LogP) is 9.49. The van der Waals surface area contributed by atoms with Gasteiger partial charge in [-0.25, -0.2) is 92.2 Å². The van der Waals surface area contributed by atoms with Crippen molar-refractivity contribution in [2.75, 3.05) is 0 Å². The van der Waals surface area contributed by atoms with E-state index in [1.165, 1.54) is 5.56 Å². The van der Waals surface area contributed by atoms with E-state index < -0.39 is 151 Å². The molecule has 0 N–H and O–H groups in total. The third kappa shape index (κ3) is 7.13. The molecule has 0 fully saturated rings. The van der Waals surface area contributed by atoms with E-state index in [1.54, 1.807) is 0 Å². The lowest BCUT2D eigenvalue weighted by Gasteiger charge is -2.44. The first-order chi connectivity index (χ1) is 30.1. The number of benzene rings is 6. The summed E-state index contributed by atoms with van der Waals surface area (Å²) in [4.78, 5) is 0. The number of nitrogens with zero attached hydrogens (tertiary/aromatic N) is 1. The van der Waals surface area contributed by atoms with Crippen LogP contribution in [-0.2, 0) is 13.2 Å². The third-order valence-corrected chi connectivity index (χ3v) is 10.1. The predicted molar refractivity (Wildman–Crippen MR) is 184 cm³/mol. The molecule has 7 aromatic rings. The van der Waals surface area contributed by atoms with Crippen molar-refractivity contribution in [1.82, 2.24) is 0 Å². The smallest absolute Gasteiger partial charge is 0.213 e. The van der Waals surface area contributed by atoms with Gasteiger partial charge in [0.2, 0.25) is 11.2 Å². The van der Waals surface area contributed by atoms with Crippen LogP contribution in [0.15, 0.2) is 66.7 Å². The number of halogens is 21. The summed E-state index contributed by atoms with van der Waals surface area (Å²) in [7, 11) is 0. The molecule has 0 radical (unpaired) electrons. The van der Waals surface area contributed by atoms with E-state index in [9.17, 15) is 57.1 Å². The van der Waals surface area contributed by atoms with Crippen LogP contribution in [0.1, 0.15) is 11.3 Å². The van der Waals surface area contributed by atoms with Gasteiger partial charge < -0.3 is 0 Å². The quantitative estimate of drug-likeness (QED) is 0.0494. The fraction of sp³-hybridized carbons (Fsp3) is 0.0488. The zero-order valence-corrected chi connectivity index (χ0v) is 30.7. The number of hydrogen-bond acceptors (Lipinski definition) is 0. The lowest BCUT2D eigenvalue weighted by molar-refractivity contribution is -0.671. The van der Waals surface area contributed by atoms with E-state index in [1.807, 2.05) is 53.1 Å². The molecule has 64 heavy (non-hydrogen) atoms. The van der Waals surface area contributed by atoms with Gasteiger partial charge in [0.15, 0.2) is 83.0 Å². The SMILES string of the molecule is FCc1ccc2ccccc2[n+]1Cc1ccccc1.Fc1c(F)c(F)c([B-](c2c(F)c(F)c(F)c(F)c2F)(c2c(F)c(F)c(F)c(F)c2F)c2c(F)c(F)c(F)c(F)c2F)c(F)c1F. The highest BCUT2D eigenvalue weighted by atomic mass is 19.2. The molecule has 0 saturated heterocycles. The van der Waals surface area contributed by atoms with Gasteiger partial charge in [0.1, 0.15) is 52.7 Å². The van der Waals surface area contributed by atoms with Gasteiger partial charge in [0, 0.05) is 23.1 Å². The minimum atomic E-state index is -7.22. The number of aromatic nitrogens is 1. The number of para-hydroxylation sites is 1. The van der Waals surface area contributed by atoms with Gasteiger partial charge in [-0.3, -0.25) is 0 Å². The zero-order chi connectivity index (χ0) is 47.4. The monoisotopic (exact) mass is 931 g/mol. The first-order valence-electron chi connectivity index (χ1n) is 17.3. The molecule has 23 heteroatoms. The van der Waals surface area contributed by atoms with Crippen LogP contribution in [0.3, 0.4) is 0 Å². The van der Waals surface area contributed by atoms with Crippen LogP contribution in [0.5, 0.6) is 0 Å². The Labute approximate surface area is 343 Å². The molecule has 0 bridgehead atoms. The van der Waals surface area contributed by atoms with E-state index in [0.717, 1.165) is 10.9 Å². The molecule has 0 unspecified atom stereocenters. The lowest BCUT2D eigenvalue weighted by atomic mass is 9.12. The largest absolute Gasteiger partial charge is 0.239 e. The van der Waals surface area contributed by atoms with Crippen LogP contribution in [0.2, 0.25) is 0 Å². The first-order valence-corrected chi connectivity index (χ1v) is 17.3. The van der Waals surface area contributed by atoms with Gasteiger partial charge in [0.25, 0.3) is 0 Å². The summed E-state index contributed by atoms with van der Waals surface area (Å²) >= 11 is 0. The maximum Gasteiger partial charge on any atom is 0.213 e. The summed E-state index contributed by atoms with van der Waals surface area (Å²) in [6.45, 7) is 0.249. The van der Waals surface area contributed by atoms with Gasteiger partial charge in [-0.1, -0.05) is 42.5 Å². The molecule has 0 spiro atoms. The van der Waals surface area contributed by atoms with Crippen LogP contribution in [0.4, 0.5) is 92.2 Å². The molecule has 0 aliphatic rings. The van der Waals surface area contributed by atoms with Crippen LogP contribution < -0.4 is 26.4 Å². The van der Waals surface area contributed by atoms with Gasteiger partial charge in [-0.15, -0.1) is 21.9 Å². The molecule has 0 atom stereocenters. The number of pyridine rings is 1. The van der Waals surface area contributed by atoms with Crippen molar-refractivity contribution in [3.63, 3.8) is 0 Å². The van der Waals surface area contributed by atoms with Crippen LogP contribution >= 0.6 is 0 Å². The Kier molecular flexibility index (Phi) is 12.8. The summed E-state index contributed by atoms with van der Waals surface area (Å²) in [6.07, 6.45) is -7.22. The normalized spacial score (nSPS) is 11.6. The van der Waals surface area contributed by atoms with Crippen molar-refractivity contribution in [3.05, 3.63) is 194 Å². The molecule has 0 aliphatic carbocycles. The molecule has 1 nitrogen and oxygen atoms in total. The highest BCUT2D eigenvalue weighted by Gasteiger charge is 2.52. The third-order valence-electron chi connectivity index (χ3n) is 10.1. The molecular weight excluding hydrogens is 916 g/mol. The van der Waals surface area contributed by atoms with E-state index in [-0.39, 0.29) is 0 Å². The summed E-state index contributed by atoms with van der Waals surface area (Å²) in [5, 5.41) is 1.13. The van der Waals surface area contributed by atoms with Gasteiger partial charge in [-0.05, 0) is 12.1 Å². The van der Waals surface area contributed by atoms with Crippen molar-refractivity contribution in [3.8, 4) is 0 Å². The van der Waals surface area contributed by atoms with E-state index in [0.29, 0.717) is 12.2 Å². The second kappa shape index (κ2) is 17.5. The average Bonchev–Trinajstić information content (AvgIpc) is 3.29. The molecule has 7 rings (SSSR count). The number of rotatable bonds is 7. The molecule has 6 aromatic carbocycles. The van der Waals surface area contributed by atoms with Crippen LogP contribution in [0, 0.1) is 116 Å². The van der Waals surface area contributed by atoms with Crippen LogP contribution in [-0.4, -0.2) is 6.15 Å². The van der Waals surface area contributed by atoms with Crippen molar-refractivity contribution in [1.29, 1.82) is 0 Å². The Bertz CT molecular complexity index is 2630. The van der Waals surface area contributed by atoms with Crippen molar-refractivity contribution in [2.45, 2.75) is 13.2 Å². The van der Waals surface area contributed by atoms with Gasteiger partial charge in [0.05, 0.1) is 0 Å². The van der Waals surface area contributed by atoms with E-state index >= 15 is 35.1 Å². The highest BCUT2D eigenvalue weighted by molar-refractivity contribution is 7.20. The second-order valence-electron chi connectivity index (χ2n) is 13.4. The van der Waals surface area contributed by atoms with Crippen molar-refractivity contribution < 1.29 is 96.8 Å². The van der Waals surface area contributed by atoms with E-state index in [2.05, 4.69) is 18.2 Å². The Hall–Kier alpha value is -6.68. The lowest BCUT2D eigenvalue weighted by Crippen LogP contribution is -2.81. The topological polar surface area (TPSA) is 3.88 Å². The summed E-state index contributed by atoms with van der Waals surface area (Å²) in [6, 6.07) is 22.1. The highest BCUT2D eigenvalue weighted by Crippen LogP contribution is 2.31. The molecular formula is C41H15BF21N. The maximum atomic E-state index is 15.4. The Morgan fingerprint density at radius 3 is 0.906 bits per heavy atom. The molecule has 1 aromatic heterocycles. The minimum absolute atomic E-state index is 0.447. The van der Waals surface area contributed by atoms with Gasteiger partial charge >= 0.3 is 0 Å². The standard InChI is InChI=1S/C24BF20.C17H15FN/c26-5-1(6(27)14(35)21(42)13(5)34)25(2-7(28)15(36)22(43)16(37)8(2)29,3-9(30)17(38)23(44)18(39)10(3)31)4-11(32)19(40)24(45)20(41)12(4)33;18-12-16-11-10-15-8-4-5-9-17(15)19(16)13-14-6-2-1-3-7-14/h;1-11H,12-13H2/q-1;+1. The van der Waals surface area contributed by atoms with Crippen LogP contribution in [0.25, 0.3) is 10.9 Å². The first kappa shape index (κ1) is 46.8. The maximum absolute atomic E-state index is 15.4. The second-order valence-corrected chi connectivity index (χ2v) is 13.4. The molecule has 0 aliphatic heterocycles. The molecule has 1 heterocycles. The Morgan fingerprint density at radius 2 is 0.594 bits per heavy atom. The number of fused-ring (bicyclic) bond motifs is 1. The molecule has 0 saturated carbocycles.